The molecule has 1 aliphatic rings. The number of fused-ring (bicyclic) bond motifs is 1. The summed E-state index contributed by atoms with van der Waals surface area (Å²) in [5.74, 6) is -0.511. The van der Waals surface area contributed by atoms with Gasteiger partial charge in [0.2, 0.25) is 0 Å². The number of carbonyl (C=O) groups is 2. The van der Waals surface area contributed by atoms with Crippen molar-refractivity contribution in [2.75, 3.05) is 6.61 Å². The van der Waals surface area contributed by atoms with Crippen molar-refractivity contribution in [1.82, 2.24) is 4.90 Å². The average molecular weight is 608 g/mol. The molecule has 0 bridgehead atoms. The van der Waals surface area contributed by atoms with Gasteiger partial charge in [0.25, 0.3) is 5.91 Å². The fourth-order valence-corrected chi connectivity index (χ4v) is 5.41. The van der Waals surface area contributed by atoms with Crippen molar-refractivity contribution in [2.45, 2.75) is 84.3 Å². The van der Waals surface area contributed by atoms with E-state index in [0.717, 1.165) is 15.6 Å². The standard InChI is InChI=1S/C28H38INO4Si/c1-27(2,3)34-26(32)20-13-14-24(29)23(16-20)25(31)30-17-21-12-10-9-11-19(21)15-22(30)18-33-35(7,8)28(4,5)6/h9-14,16,22H,15,17-18H2,1-8H3. The second kappa shape index (κ2) is 10.3. The minimum Gasteiger partial charge on any atom is -0.456 e. The van der Waals surface area contributed by atoms with Gasteiger partial charge in [-0.1, -0.05) is 45.0 Å². The molecule has 7 heteroatoms. The lowest BCUT2D eigenvalue weighted by Crippen LogP contribution is -2.50. The molecule has 0 aliphatic carbocycles. The van der Waals surface area contributed by atoms with E-state index in [0.29, 0.717) is 24.3 Å². The summed E-state index contributed by atoms with van der Waals surface area (Å²) in [6.07, 6.45) is 0.749. The number of esters is 1. The third-order valence-corrected chi connectivity index (χ3v) is 12.3. The third-order valence-electron chi connectivity index (χ3n) is 6.89. The molecule has 1 heterocycles. The van der Waals surface area contributed by atoms with Crippen LogP contribution in [0.15, 0.2) is 42.5 Å². The lowest BCUT2D eigenvalue weighted by Gasteiger charge is -2.41. The highest BCUT2D eigenvalue weighted by Gasteiger charge is 2.39. The van der Waals surface area contributed by atoms with Gasteiger partial charge in [-0.15, -0.1) is 0 Å². The second-order valence-corrected chi connectivity index (χ2v) is 17.8. The van der Waals surface area contributed by atoms with Crippen LogP contribution in [0.1, 0.15) is 73.4 Å². The highest BCUT2D eigenvalue weighted by molar-refractivity contribution is 14.1. The molecule has 2 aromatic carbocycles. The van der Waals surface area contributed by atoms with Gasteiger partial charge >= 0.3 is 5.97 Å². The van der Waals surface area contributed by atoms with Crippen molar-refractivity contribution in [2.24, 2.45) is 0 Å². The number of amides is 1. The highest BCUT2D eigenvalue weighted by Crippen LogP contribution is 2.37. The highest BCUT2D eigenvalue weighted by atomic mass is 127. The predicted molar refractivity (Wildman–Crippen MR) is 151 cm³/mol. The molecule has 0 N–H and O–H groups in total. The number of hydrogen-bond acceptors (Lipinski definition) is 4. The fraction of sp³-hybridized carbons (Fsp3) is 0.500. The largest absolute Gasteiger partial charge is 0.456 e. The number of hydrogen-bond donors (Lipinski definition) is 0. The summed E-state index contributed by atoms with van der Waals surface area (Å²) in [5, 5.41) is 0.0888. The van der Waals surface area contributed by atoms with Crippen LogP contribution in [0, 0.1) is 3.57 Å². The average Bonchev–Trinajstić information content (AvgIpc) is 2.75. The first-order valence-corrected chi connectivity index (χ1v) is 16.1. The fourth-order valence-electron chi connectivity index (χ4n) is 3.80. The van der Waals surface area contributed by atoms with E-state index in [2.05, 4.69) is 74.7 Å². The molecule has 0 radical (unpaired) electrons. The molecular weight excluding hydrogens is 569 g/mol. The van der Waals surface area contributed by atoms with Gasteiger partial charge < -0.3 is 14.1 Å². The van der Waals surface area contributed by atoms with Crippen LogP contribution in [0.3, 0.4) is 0 Å². The van der Waals surface area contributed by atoms with Gasteiger partial charge in [-0.05, 0) is 97.2 Å². The number of rotatable bonds is 5. The van der Waals surface area contributed by atoms with Crippen LogP contribution in [0.4, 0.5) is 0 Å². The molecule has 1 unspecified atom stereocenters. The molecule has 5 nitrogen and oxygen atoms in total. The molecule has 0 saturated heterocycles. The van der Waals surface area contributed by atoms with E-state index >= 15 is 0 Å². The zero-order valence-corrected chi connectivity index (χ0v) is 25.4. The number of nitrogens with zero attached hydrogens (tertiary/aromatic N) is 1. The quantitative estimate of drug-likeness (QED) is 0.212. The van der Waals surface area contributed by atoms with E-state index in [1.54, 1.807) is 12.1 Å². The first kappa shape index (κ1) is 27.9. The summed E-state index contributed by atoms with van der Waals surface area (Å²) in [7, 11) is -1.98. The van der Waals surface area contributed by atoms with Gasteiger partial charge in [0.15, 0.2) is 8.32 Å². The van der Waals surface area contributed by atoms with Crippen LogP contribution in [-0.2, 0) is 22.1 Å². The Morgan fingerprint density at radius 3 is 2.26 bits per heavy atom. The smallest absolute Gasteiger partial charge is 0.338 e. The van der Waals surface area contributed by atoms with E-state index in [4.69, 9.17) is 9.16 Å². The van der Waals surface area contributed by atoms with Gasteiger partial charge in [0.05, 0.1) is 23.8 Å². The number of carbonyl (C=O) groups excluding carboxylic acids is 2. The molecule has 0 fully saturated rings. The first-order chi connectivity index (χ1) is 16.1. The Morgan fingerprint density at radius 2 is 1.66 bits per heavy atom. The molecule has 0 aromatic heterocycles. The van der Waals surface area contributed by atoms with Crippen LogP contribution in [0.25, 0.3) is 0 Å². The maximum absolute atomic E-state index is 13.9. The molecule has 190 valence electrons. The second-order valence-electron chi connectivity index (χ2n) is 11.8. The zero-order valence-electron chi connectivity index (χ0n) is 22.2. The van der Waals surface area contributed by atoms with Crippen LogP contribution in [0.5, 0.6) is 0 Å². The Bertz CT molecular complexity index is 1100. The minimum atomic E-state index is -1.98. The van der Waals surface area contributed by atoms with Gasteiger partial charge in [-0.3, -0.25) is 4.79 Å². The van der Waals surface area contributed by atoms with Crippen LogP contribution >= 0.6 is 22.6 Å². The Balaban J connectivity index is 1.93. The van der Waals surface area contributed by atoms with Gasteiger partial charge in [0.1, 0.15) is 5.60 Å². The molecule has 3 rings (SSSR count). The Morgan fingerprint density at radius 1 is 1.03 bits per heavy atom. The van der Waals surface area contributed by atoms with Crippen molar-refractivity contribution in [3.05, 3.63) is 68.3 Å². The van der Waals surface area contributed by atoms with Crippen molar-refractivity contribution in [3.63, 3.8) is 0 Å². The summed E-state index contributed by atoms with van der Waals surface area (Å²) in [6, 6.07) is 13.4. The maximum Gasteiger partial charge on any atom is 0.338 e. The minimum absolute atomic E-state index is 0.0764. The normalized spacial score (nSPS) is 16.6. The van der Waals surface area contributed by atoms with Gasteiger partial charge in [-0.2, -0.15) is 0 Å². The molecule has 35 heavy (non-hydrogen) atoms. The topological polar surface area (TPSA) is 55.8 Å². The van der Waals surface area contributed by atoms with Crippen LogP contribution < -0.4 is 0 Å². The van der Waals surface area contributed by atoms with Crippen LogP contribution in [0.2, 0.25) is 18.1 Å². The first-order valence-electron chi connectivity index (χ1n) is 12.1. The van der Waals surface area contributed by atoms with E-state index < -0.39 is 19.9 Å². The SMILES string of the molecule is CC(C)(C)OC(=O)c1ccc(I)c(C(=O)N2Cc3ccccc3CC2CO[Si](C)(C)C(C)(C)C)c1. The van der Waals surface area contributed by atoms with Crippen molar-refractivity contribution < 1.29 is 18.8 Å². The molecule has 1 amide bonds. The maximum atomic E-state index is 13.9. The molecule has 0 spiro atoms. The van der Waals surface area contributed by atoms with Gasteiger partial charge in [0, 0.05) is 10.1 Å². The summed E-state index contributed by atoms with van der Waals surface area (Å²) in [6.45, 7) is 17.7. The Hall–Kier alpha value is -1.71. The zero-order chi connectivity index (χ0) is 26.2. The van der Waals surface area contributed by atoms with E-state index in [9.17, 15) is 9.59 Å². The molecule has 1 atom stereocenters. The molecule has 2 aromatic rings. The van der Waals surface area contributed by atoms with Gasteiger partial charge in [-0.25, -0.2) is 4.79 Å². The summed E-state index contributed by atoms with van der Waals surface area (Å²) >= 11 is 2.17. The lowest BCUT2D eigenvalue weighted by atomic mass is 9.93. The third kappa shape index (κ3) is 6.74. The van der Waals surface area contributed by atoms with E-state index in [1.807, 2.05) is 37.8 Å². The van der Waals surface area contributed by atoms with E-state index in [-0.39, 0.29) is 17.0 Å². The monoisotopic (exact) mass is 607 g/mol. The lowest BCUT2D eigenvalue weighted by molar-refractivity contribution is 0.00694. The molecular formula is C28H38INO4Si. The Kier molecular flexibility index (Phi) is 8.23. The van der Waals surface area contributed by atoms with Crippen LogP contribution in [-0.4, -0.2) is 43.3 Å². The Labute approximate surface area is 224 Å². The predicted octanol–water partition coefficient (Wildman–Crippen LogP) is 6.84. The van der Waals surface area contributed by atoms with E-state index in [1.165, 1.54) is 5.56 Å². The van der Waals surface area contributed by atoms with Crippen molar-refractivity contribution in [1.29, 1.82) is 0 Å². The molecule has 0 saturated carbocycles. The van der Waals surface area contributed by atoms with Crippen molar-refractivity contribution in [3.8, 4) is 0 Å². The summed E-state index contributed by atoms with van der Waals surface area (Å²) in [5.41, 5.74) is 2.72. The summed E-state index contributed by atoms with van der Waals surface area (Å²) < 4.78 is 12.9. The number of ether oxygens (including phenoxy) is 1. The molecule has 1 aliphatic heterocycles. The summed E-state index contributed by atoms with van der Waals surface area (Å²) in [4.78, 5) is 28.6. The number of halogens is 1. The van der Waals surface area contributed by atoms with Crippen molar-refractivity contribution >= 4 is 42.8 Å². The number of benzene rings is 2.